The fourth-order valence-corrected chi connectivity index (χ4v) is 1.22. The molecule has 0 saturated carbocycles. The molecule has 8 heteroatoms. The molecule has 0 aliphatic rings. The van der Waals surface area contributed by atoms with E-state index >= 15 is 0 Å². The van der Waals surface area contributed by atoms with Gasteiger partial charge >= 0.3 is 0 Å². The normalized spacial score (nSPS) is 11.2. The van der Waals surface area contributed by atoms with E-state index in [1.165, 1.54) is 0 Å². The third-order valence-electron chi connectivity index (χ3n) is 1.18. The molecule has 0 rings (SSSR count). The van der Waals surface area contributed by atoms with E-state index in [9.17, 15) is 16.8 Å². The van der Waals surface area contributed by atoms with Gasteiger partial charge in [0, 0.05) is 0 Å². The summed E-state index contributed by atoms with van der Waals surface area (Å²) in [4.78, 5) is 0. The standard InChI is InChI=1S/C5H12O6S2/c6-12(7)10-4-2-1-3-5-11-13(8)9/h12-13H,1-5H2. The maximum atomic E-state index is 9.89. The Morgan fingerprint density at radius 1 is 0.692 bits per heavy atom. The molecule has 6 nitrogen and oxygen atoms in total. The molecule has 0 aliphatic heterocycles. The summed E-state index contributed by atoms with van der Waals surface area (Å²) in [7, 11) is -5.53. The fraction of sp³-hybridized carbons (Fsp3) is 1.00. The third-order valence-corrected chi connectivity index (χ3v) is 1.97. The minimum Gasteiger partial charge on any atom is -0.272 e. The number of thiol groups is 2. The van der Waals surface area contributed by atoms with E-state index in [-0.39, 0.29) is 13.2 Å². The van der Waals surface area contributed by atoms with E-state index in [0.717, 1.165) is 0 Å². The Morgan fingerprint density at radius 2 is 1.08 bits per heavy atom. The maximum Gasteiger partial charge on any atom is 0.257 e. The zero-order valence-corrected chi connectivity index (χ0v) is 8.67. The van der Waals surface area contributed by atoms with Crippen molar-refractivity contribution in [1.29, 1.82) is 0 Å². The molecule has 0 atom stereocenters. The van der Waals surface area contributed by atoms with E-state index < -0.39 is 22.0 Å². The number of hydrogen-bond donors (Lipinski definition) is 2. The van der Waals surface area contributed by atoms with Crippen LogP contribution in [0.4, 0.5) is 0 Å². The number of hydrogen-bond acceptors (Lipinski definition) is 6. The minimum atomic E-state index is -2.76. The zero-order chi connectivity index (χ0) is 10.1. The zero-order valence-electron chi connectivity index (χ0n) is 6.88. The predicted molar refractivity (Wildman–Crippen MR) is 46.4 cm³/mol. The Morgan fingerprint density at radius 3 is 1.38 bits per heavy atom. The van der Waals surface area contributed by atoms with E-state index in [1.807, 2.05) is 0 Å². The molecule has 0 unspecified atom stereocenters. The Labute approximate surface area is 80.2 Å². The second-order valence-electron chi connectivity index (χ2n) is 2.17. The lowest BCUT2D eigenvalue weighted by molar-refractivity contribution is 0.296. The molecule has 0 aromatic heterocycles. The summed E-state index contributed by atoms with van der Waals surface area (Å²) < 4.78 is 48.1. The van der Waals surface area contributed by atoms with Gasteiger partial charge in [0.15, 0.2) is 0 Å². The number of rotatable bonds is 8. The highest BCUT2D eigenvalue weighted by Gasteiger charge is 1.92. The van der Waals surface area contributed by atoms with Crippen LogP contribution >= 0.6 is 0 Å². The van der Waals surface area contributed by atoms with Gasteiger partial charge in [0.1, 0.15) is 0 Å². The molecule has 0 N–H and O–H groups in total. The minimum absolute atomic E-state index is 0.141. The summed E-state index contributed by atoms with van der Waals surface area (Å²) in [5.41, 5.74) is 0. The van der Waals surface area contributed by atoms with Crippen LogP contribution in [0.1, 0.15) is 19.3 Å². The molecule has 0 aliphatic carbocycles. The van der Waals surface area contributed by atoms with Crippen molar-refractivity contribution in [3.63, 3.8) is 0 Å². The Hall–Kier alpha value is -0.180. The second kappa shape index (κ2) is 8.42. The van der Waals surface area contributed by atoms with Gasteiger partial charge in [0.2, 0.25) is 0 Å². The van der Waals surface area contributed by atoms with Crippen LogP contribution < -0.4 is 0 Å². The molecule has 80 valence electrons. The van der Waals surface area contributed by atoms with Crippen LogP contribution in [-0.2, 0) is 30.3 Å². The Kier molecular flexibility index (Phi) is 8.30. The van der Waals surface area contributed by atoms with Gasteiger partial charge < -0.3 is 0 Å². The maximum absolute atomic E-state index is 9.89. The monoisotopic (exact) mass is 232 g/mol. The van der Waals surface area contributed by atoms with E-state index in [0.29, 0.717) is 19.3 Å². The molecule has 0 bridgehead atoms. The summed E-state index contributed by atoms with van der Waals surface area (Å²) in [5.74, 6) is 0. The molecule has 0 saturated heterocycles. The van der Waals surface area contributed by atoms with Crippen LogP contribution in [0.15, 0.2) is 0 Å². The van der Waals surface area contributed by atoms with Crippen LogP contribution in [0.25, 0.3) is 0 Å². The summed E-state index contributed by atoms with van der Waals surface area (Å²) in [6.45, 7) is 0.282. The summed E-state index contributed by atoms with van der Waals surface area (Å²) in [6.07, 6.45) is 1.82. The first-order chi connectivity index (χ1) is 6.13. The van der Waals surface area contributed by atoms with E-state index in [4.69, 9.17) is 0 Å². The molecule has 0 fully saturated rings. The molecule has 0 aromatic carbocycles. The van der Waals surface area contributed by atoms with Gasteiger partial charge in [0.25, 0.3) is 22.0 Å². The lowest BCUT2D eigenvalue weighted by atomic mass is 10.2. The van der Waals surface area contributed by atoms with E-state index in [2.05, 4.69) is 8.37 Å². The first kappa shape index (κ1) is 12.8. The van der Waals surface area contributed by atoms with E-state index in [1.54, 1.807) is 0 Å². The Bertz CT molecular complexity index is 214. The quantitative estimate of drug-likeness (QED) is 0.422. The lowest BCUT2D eigenvalue weighted by Crippen LogP contribution is -1.95. The highest BCUT2D eigenvalue weighted by molar-refractivity contribution is 7.67. The average molecular weight is 232 g/mol. The molecule has 13 heavy (non-hydrogen) atoms. The van der Waals surface area contributed by atoms with Gasteiger partial charge in [-0.1, -0.05) is 0 Å². The molecule has 0 spiro atoms. The van der Waals surface area contributed by atoms with Crippen LogP contribution in [-0.4, -0.2) is 30.0 Å². The average Bonchev–Trinajstić information content (AvgIpc) is 2.01. The van der Waals surface area contributed by atoms with Crippen molar-refractivity contribution in [2.75, 3.05) is 13.2 Å². The van der Waals surface area contributed by atoms with Crippen LogP contribution in [0, 0.1) is 0 Å². The van der Waals surface area contributed by atoms with Crippen molar-refractivity contribution in [3.8, 4) is 0 Å². The predicted octanol–water partition coefficient (Wildman–Crippen LogP) is -0.757. The van der Waals surface area contributed by atoms with Crippen LogP contribution in [0.3, 0.4) is 0 Å². The van der Waals surface area contributed by atoms with Gasteiger partial charge in [-0.25, -0.2) is 16.8 Å². The lowest BCUT2D eigenvalue weighted by Gasteiger charge is -1.97. The van der Waals surface area contributed by atoms with Gasteiger partial charge in [-0.05, 0) is 19.3 Å². The van der Waals surface area contributed by atoms with Gasteiger partial charge in [-0.2, -0.15) is 0 Å². The first-order valence-electron chi connectivity index (χ1n) is 3.67. The smallest absolute Gasteiger partial charge is 0.257 e. The highest BCUT2D eigenvalue weighted by Crippen LogP contribution is 1.96. The molecular formula is C5H12O6S2. The van der Waals surface area contributed by atoms with Crippen molar-refractivity contribution in [2.24, 2.45) is 0 Å². The van der Waals surface area contributed by atoms with Crippen molar-refractivity contribution in [3.05, 3.63) is 0 Å². The SMILES string of the molecule is O=[SH](=O)OCCCCCO[SH](=O)=O. The largest absolute Gasteiger partial charge is 0.272 e. The van der Waals surface area contributed by atoms with Gasteiger partial charge in [0.05, 0.1) is 13.2 Å². The van der Waals surface area contributed by atoms with Gasteiger partial charge in [-0.15, -0.1) is 0 Å². The highest BCUT2D eigenvalue weighted by atomic mass is 32.2. The fourth-order valence-electron chi connectivity index (χ4n) is 0.659. The van der Waals surface area contributed by atoms with Crippen molar-refractivity contribution in [1.82, 2.24) is 0 Å². The van der Waals surface area contributed by atoms with Crippen molar-refractivity contribution in [2.45, 2.75) is 19.3 Å². The summed E-state index contributed by atoms with van der Waals surface area (Å²) in [6, 6.07) is 0. The molecule has 0 amide bonds. The van der Waals surface area contributed by atoms with Gasteiger partial charge in [-0.3, -0.25) is 8.37 Å². The molecule has 0 radical (unpaired) electrons. The molecule has 0 heterocycles. The van der Waals surface area contributed by atoms with Crippen LogP contribution in [0.5, 0.6) is 0 Å². The number of unbranched alkanes of at least 4 members (excludes halogenated alkanes) is 2. The molecular weight excluding hydrogens is 220 g/mol. The summed E-state index contributed by atoms with van der Waals surface area (Å²) in [5, 5.41) is 0. The van der Waals surface area contributed by atoms with Crippen molar-refractivity contribution >= 4 is 22.0 Å². The Balaban J connectivity index is 3.08. The first-order valence-corrected chi connectivity index (χ1v) is 5.86. The third kappa shape index (κ3) is 11.8. The van der Waals surface area contributed by atoms with Crippen LogP contribution in [0.2, 0.25) is 0 Å². The second-order valence-corrected chi connectivity index (χ2v) is 3.59. The summed E-state index contributed by atoms with van der Waals surface area (Å²) >= 11 is 0. The van der Waals surface area contributed by atoms with Crippen molar-refractivity contribution < 1.29 is 25.2 Å². The topological polar surface area (TPSA) is 86.7 Å². The molecule has 0 aromatic rings.